The lowest BCUT2D eigenvalue weighted by molar-refractivity contribution is 0.249. The lowest BCUT2D eigenvalue weighted by Gasteiger charge is -2.15. The van der Waals surface area contributed by atoms with Crippen molar-refractivity contribution in [1.82, 2.24) is 20.1 Å². The van der Waals surface area contributed by atoms with E-state index in [-0.39, 0.29) is 11.9 Å². The number of rotatable bonds is 7. The highest BCUT2D eigenvalue weighted by Crippen LogP contribution is 2.26. The summed E-state index contributed by atoms with van der Waals surface area (Å²) in [5.74, 6) is 1.24. The Morgan fingerprint density at radius 3 is 2.68 bits per heavy atom. The molecule has 0 fully saturated rings. The van der Waals surface area contributed by atoms with Crippen LogP contribution in [0, 0.1) is 19.8 Å². The highest BCUT2D eigenvalue weighted by Gasteiger charge is 2.12. The first kappa shape index (κ1) is 19.4. The minimum atomic E-state index is -0.300. The van der Waals surface area contributed by atoms with Gasteiger partial charge in [-0.05, 0) is 50.1 Å². The summed E-state index contributed by atoms with van der Waals surface area (Å²) in [6, 6.07) is 14.6. The van der Waals surface area contributed by atoms with E-state index in [1.165, 1.54) is 0 Å². The minimum Gasteiger partial charge on any atom is -0.437 e. The third-order valence-electron chi connectivity index (χ3n) is 4.18. The standard InChI is InChI=1S/C21H25N5O2/c1-15(14-26-17(3)12-16(2)25-26)13-23-21(27)24-19-10-7-11-22-20(19)28-18-8-5-4-6-9-18/h4-12,15H,13-14H2,1-3H3,(H2,23,24,27)/t15-/m0/s1. The molecule has 7 heteroatoms. The van der Waals surface area contributed by atoms with Crippen LogP contribution in [0.1, 0.15) is 18.3 Å². The molecular weight excluding hydrogens is 354 g/mol. The molecule has 0 aliphatic heterocycles. The summed E-state index contributed by atoms with van der Waals surface area (Å²) in [5, 5.41) is 10.2. The van der Waals surface area contributed by atoms with Crippen LogP contribution >= 0.6 is 0 Å². The lowest BCUT2D eigenvalue weighted by Crippen LogP contribution is -2.33. The van der Waals surface area contributed by atoms with Crippen molar-refractivity contribution in [2.24, 2.45) is 5.92 Å². The molecule has 0 saturated carbocycles. The van der Waals surface area contributed by atoms with Crippen molar-refractivity contribution in [1.29, 1.82) is 0 Å². The fraction of sp³-hybridized carbons (Fsp3) is 0.286. The number of nitrogens with zero attached hydrogens (tertiary/aromatic N) is 3. The number of urea groups is 1. The van der Waals surface area contributed by atoms with Gasteiger partial charge in [0.25, 0.3) is 0 Å². The zero-order chi connectivity index (χ0) is 19.9. The van der Waals surface area contributed by atoms with Crippen molar-refractivity contribution in [2.75, 3.05) is 11.9 Å². The Morgan fingerprint density at radius 1 is 1.18 bits per heavy atom. The number of nitrogens with one attached hydrogen (secondary N) is 2. The Bertz CT molecular complexity index is 924. The second kappa shape index (κ2) is 9.03. The minimum absolute atomic E-state index is 0.234. The van der Waals surface area contributed by atoms with Crippen LogP contribution in [-0.4, -0.2) is 27.3 Å². The first-order valence-corrected chi connectivity index (χ1v) is 9.25. The molecule has 0 unspecified atom stereocenters. The van der Waals surface area contributed by atoms with Crippen LogP contribution in [0.4, 0.5) is 10.5 Å². The van der Waals surface area contributed by atoms with E-state index in [9.17, 15) is 4.79 Å². The van der Waals surface area contributed by atoms with E-state index in [1.807, 2.05) is 54.9 Å². The largest absolute Gasteiger partial charge is 0.437 e. The molecule has 1 aromatic carbocycles. The summed E-state index contributed by atoms with van der Waals surface area (Å²) in [6.45, 7) is 7.35. The van der Waals surface area contributed by atoms with Crippen LogP contribution < -0.4 is 15.4 Å². The molecule has 1 atom stereocenters. The molecule has 2 amide bonds. The van der Waals surface area contributed by atoms with Gasteiger partial charge in [-0.2, -0.15) is 5.10 Å². The number of aromatic nitrogens is 3. The first-order valence-electron chi connectivity index (χ1n) is 9.25. The van der Waals surface area contributed by atoms with E-state index in [0.717, 1.165) is 17.9 Å². The van der Waals surface area contributed by atoms with E-state index in [2.05, 4.69) is 27.6 Å². The number of carbonyl (C=O) groups is 1. The number of hydrogen-bond donors (Lipinski definition) is 2. The Balaban J connectivity index is 1.54. The molecule has 28 heavy (non-hydrogen) atoms. The van der Waals surface area contributed by atoms with E-state index < -0.39 is 0 Å². The van der Waals surface area contributed by atoms with E-state index in [1.54, 1.807) is 18.3 Å². The second-order valence-corrected chi connectivity index (χ2v) is 6.82. The summed E-state index contributed by atoms with van der Waals surface area (Å²) < 4.78 is 7.73. The molecule has 0 aliphatic carbocycles. The van der Waals surface area contributed by atoms with Crippen LogP contribution in [0.3, 0.4) is 0 Å². The fourth-order valence-electron chi connectivity index (χ4n) is 2.82. The van der Waals surface area contributed by atoms with Gasteiger partial charge in [-0.1, -0.05) is 25.1 Å². The molecular formula is C21H25N5O2. The van der Waals surface area contributed by atoms with E-state index in [4.69, 9.17) is 4.74 Å². The second-order valence-electron chi connectivity index (χ2n) is 6.82. The molecule has 0 bridgehead atoms. The molecule has 3 aromatic rings. The zero-order valence-corrected chi connectivity index (χ0v) is 16.3. The summed E-state index contributed by atoms with van der Waals surface area (Å²) in [6.07, 6.45) is 1.62. The maximum absolute atomic E-state index is 12.3. The molecule has 0 saturated heterocycles. The van der Waals surface area contributed by atoms with Crippen LogP contribution in [0.2, 0.25) is 0 Å². The van der Waals surface area contributed by atoms with E-state index >= 15 is 0 Å². The van der Waals surface area contributed by atoms with Crippen molar-refractivity contribution in [3.63, 3.8) is 0 Å². The van der Waals surface area contributed by atoms with Crippen LogP contribution in [-0.2, 0) is 6.54 Å². The number of carbonyl (C=O) groups excluding carboxylic acids is 1. The number of amides is 2. The topological polar surface area (TPSA) is 81.1 Å². The number of aryl methyl sites for hydroxylation is 2. The Kier molecular flexibility index (Phi) is 6.26. The Labute approximate surface area is 164 Å². The molecule has 146 valence electrons. The summed E-state index contributed by atoms with van der Waals surface area (Å²) in [7, 11) is 0. The average Bonchev–Trinajstić information content (AvgIpc) is 2.99. The summed E-state index contributed by atoms with van der Waals surface area (Å²) in [4.78, 5) is 16.5. The molecule has 2 aromatic heterocycles. The molecule has 2 N–H and O–H groups in total. The van der Waals surface area contributed by atoms with E-state index in [0.29, 0.717) is 23.9 Å². The van der Waals surface area contributed by atoms with Crippen LogP contribution in [0.25, 0.3) is 0 Å². The van der Waals surface area contributed by atoms with Crippen molar-refractivity contribution < 1.29 is 9.53 Å². The van der Waals surface area contributed by atoms with Gasteiger partial charge in [0.15, 0.2) is 0 Å². The average molecular weight is 379 g/mol. The predicted octanol–water partition coefficient (Wildman–Crippen LogP) is 4.15. The SMILES string of the molecule is Cc1cc(C)n(C[C@@H](C)CNC(=O)Nc2cccnc2Oc2ccccc2)n1. The van der Waals surface area contributed by atoms with Gasteiger partial charge in [0.05, 0.1) is 5.69 Å². The number of hydrogen-bond acceptors (Lipinski definition) is 4. The van der Waals surface area contributed by atoms with Gasteiger partial charge < -0.3 is 15.4 Å². The number of anilines is 1. The molecule has 7 nitrogen and oxygen atoms in total. The van der Waals surface area contributed by atoms with Gasteiger partial charge in [-0.3, -0.25) is 4.68 Å². The molecule has 0 radical (unpaired) electrons. The Morgan fingerprint density at radius 2 is 1.96 bits per heavy atom. The summed E-state index contributed by atoms with van der Waals surface area (Å²) in [5.41, 5.74) is 2.62. The highest BCUT2D eigenvalue weighted by molar-refractivity contribution is 5.90. The van der Waals surface area contributed by atoms with Crippen LogP contribution in [0.15, 0.2) is 54.7 Å². The Hall–Kier alpha value is -3.35. The maximum Gasteiger partial charge on any atom is 0.319 e. The quantitative estimate of drug-likeness (QED) is 0.646. The molecule has 2 heterocycles. The normalized spacial score (nSPS) is 11.7. The van der Waals surface area contributed by atoms with Gasteiger partial charge in [0.1, 0.15) is 11.4 Å². The van der Waals surface area contributed by atoms with Gasteiger partial charge in [0.2, 0.25) is 5.88 Å². The third kappa shape index (κ3) is 5.33. The number of pyridine rings is 1. The fourth-order valence-corrected chi connectivity index (χ4v) is 2.82. The maximum atomic E-state index is 12.3. The predicted molar refractivity (Wildman–Crippen MR) is 109 cm³/mol. The monoisotopic (exact) mass is 379 g/mol. The van der Waals surface area contributed by atoms with Crippen molar-refractivity contribution >= 4 is 11.7 Å². The number of ether oxygens (including phenoxy) is 1. The van der Waals surface area contributed by atoms with Gasteiger partial charge in [-0.15, -0.1) is 0 Å². The van der Waals surface area contributed by atoms with Gasteiger partial charge >= 0.3 is 6.03 Å². The number of para-hydroxylation sites is 1. The van der Waals surface area contributed by atoms with Crippen molar-refractivity contribution in [2.45, 2.75) is 27.3 Å². The molecule has 3 rings (SSSR count). The summed E-state index contributed by atoms with van der Waals surface area (Å²) >= 11 is 0. The highest BCUT2D eigenvalue weighted by atomic mass is 16.5. The molecule has 0 aliphatic rings. The molecule has 0 spiro atoms. The van der Waals surface area contributed by atoms with Crippen LogP contribution in [0.5, 0.6) is 11.6 Å². The van der Waals surface area contributed by atoms with Crippen molar-refractivity contribution in [3.05, 3.63) is 66.1 Å². The lowest BCUT2D eigenvalue weighted by atomic mass is 10.2. The third-order valence-corrected chi connectivity index (χ3v) is 4.18. The zero-order valence-electron chi connectivity index (χ0n) is 16.3. The van der Waals surface area contributed by atoms with Gasteiger partial charge in [0, 0.05) is 25.0 Å². The van der Waals surface area contributed by atoms with Gasteiger partial charge in [-0.25, -0.2) is 9.78 Å². The smallest absolute Gasteiger partial charge is 0.319 e. The number of benzene rings is 1. The van der Waals surface area contributed by atoms with Crippen molar-refractivity contribution in [3.8, 4) is 11.6 Å². The first-order chi connectivity index (χ1) is 13.5.